The third-order valence-electron chi connectivity index (χ3n) is 2.96. The first-order valence-electron chi connectivity index (χ1n) is 6.47. The molecule has 106 valence electrons. The summed E-state index contributed by atoms with van der Waals surface area (Å²) in [7, 11) is 0. The van der Waals surface area contributed by atoms with Crippen LogP contribution in [0.15, 0.2) is 35.0 Å². The van der Waals surface area contributed by atoms with E-state index in [2.05, 4.69) is 5.32 Å². The van der Waals surface area contributed by atoms with Crippen LogP contribution in [0.25, 0.3) is 0 Å². The van der Waals surface area contributed by atoms with Gasteiger partial charge in [-0.1, -0.05) is 0 Å². The molecule has 1 heterocycles. The minimum atomic E-state index is -0.140. The molecular formula is C15H18N2O2S. The Morgan fingerprint density at radius 1 is 1.45 bits per heavy atom. The topological polar surface area (TPSA) is 64.3 Å². The summed E-state index contributed by atoms with van der Waals surface area (Å²) in [5.74, 6) is 0.466. The molecule has 1 amide bonds. The number of benzene rings is 1. The summed E-state index contributed by atoms with van der Waals surface area (Å²) in [5.41, 5.74) is 7.98. The Balaban J connectivity index is 2.07. The largest absolute Gasteiger partial charge is 0.492 e. The maximum atomic E-state index is 12.2. The minimum absolute atomic E-state index is 0.0263. The first kappa shape index (κ1) is 14.4. The van der Waals surface area contributed by atoms with Crippen molar-refractivity contribution in [2.75, 3.05) is 12.3 Å². The van der Waals surface area contributed by atoms with Crippen LogP contribution in [-0.2, 0) is 0 Å². The lowest BCUT2D eigenvalue weighted by molar-refractivity contribution is 0.0940. The number of hydrogen-bond acceptors (Lipinski definition) is 4. The molecule has 2 aromatic rings. The van der Waals surface area contributed by atoms with Gasteiger partial charge in [-0.25, -0.2) is 0 Å². The van der Waals surface area contributed by atoms with Crippen LogP contribution >= 0.6 is 11.3 Å². The monoisotopic (exact) mass is 290 g/mol. The molecule has 0 aliphatic heterocycles. The van der Waals surface area contributed by atoms with Crippen LogP contribution in [0.3, 0.4) is 0 Å². The average molecular weight is 290 g/mol. The molecule has 1 aromatic carbocycles. The zero-order chi connectivity index (χ0) is 14.5. The molecule has 0 radical (unpaired) electrons. The molecule has 5 heteroatoms. The van der Waals surface area contributed by atoms with Crippen LogP contribution in [0, 0.1) is 0 Å². The summed E-state index contributed by atoms with van der Waals surface area (Å²) in [4.78, 5) is 12.2. The van der Waals surface area contributed by atoms with Gasteiger partial charge in [0.2, 0.25) is 0 Å². The normalized spacial score (nSPS) is 11.9. The Morgan fingerprint density at radius 2 is 2.25 bits per heavy atom. The number of rotatable bonds is 5. The van der Waals surface area contributed by atoms with Crippen LogP contribution in [0.4, 0.5) is 5.69 Å². The van der Waals surface area contributed by atoms with E-state index in [1.807, 2.05) is 30.7 Å². The van der Waals surface area contributed by atoms with E-state index in [0.717, 1.165) is 5.56 Å². The molecule has 1 atom stereocenters. The zero-order valence-electron chi connectivity index (χ0n) is 11.6. The third-order valence-corrected chi connectivity index (χ3v) is 3.66. The van der Waals surface area contributed by atoms with Gasteiger partial charge in [0.1, 0.15) is 5.75 Å². The SMILES string of the molecule is CCOc1ccc(C(=O)NC(C)c2ccsc2)cc1N. The summed E-state index contributed by atoms with van der Waals surface area (Å²) in [6, 6.07) is 7.06. The van der Waals surface area contributed by atoms with Crippen LogP contribution in [0.1, 0.15) is 35.8 Å². The molecule has 0 aliphatic carbocycles. The maximum Gasteiger partial charge on any atom is 0.251 e. The van der Waals surface area contributed by atoms with E-state index >= 15 is 0 Å². The van der Waals surface area contributed by atoms with Gasteiger partial charge < -0.3 is 15.8 Å². The molecule has 1 aromatic heterocycles. The van der Waals surface area contributed by atoms with Crippen molar-refractivity contribution in [3.05, 3.63) is 46.2 Å². The summed E-state index contributed by atoms with van der Waals surface area (Å²) in [6.07, 6.45) is 0. The summed E-state index contributed by atoms with van der Waals surface area (Å²) in [5, 5.41) is 6.97. The van der Waals surface area contributed by atoms with Crippen LogP contribution < -0.4 is 15.8 Å². The number of carbonyl (C=O) groups is 1. The fraction of sp³-hybridized carbons (Fsp3) is 0.267. The Morgan fingerprint density at radius 3 is 2.85 bits per heavy atom. The molecule has 0 spiro atoms. The average Bonchev–Trinajstić information content (AvgIpc) is 2.95. The summed E-state index contributed by atoms with van der Waals surface area (Å²) < 4.78 is 5.36. The molecule has 0 aliphatic rings. The predicted octanol–water partition coefficient (Wildman–Crippen LogP) is 3.22. The lowest BCUT2D eigenvalue weighted by Crippen LogP contribution is -2.26. The highest BCUT2D eigenvalue weighted by Crippen LogP contribution is 2.23. The number of carbonyl (C=O) groups excluding carboxylic acids is 1. The van der Waals surface area contributed by atoms with Gasteiger partial charge in [0, 0.05) is 5.56 Å². The van der Waals surface area contributed by atoms with Gasteiger partial charge in [-0.2, -0.15) is 11.3 Å². The Hall–Kier alpha value is -2.01. The van der Waals surface area contributed by atoms with Crippen molar-refractivity contribution < 1.29 is 9.53 Å². The maximum absolute atomic E-state index is 12.2. The Bertz CT molecular complexity index is 582. The molecule has 1 unspecified atom stereocenters. The molecule has 0 bridgehead atoms. The van der Waals surface area contributed by atoms with E-state index in [1.54, 1.807) is 29.5 Å². The number of nitrogens with two attached hydrogens (primary N) is 1. The molecule has 0 saturated carbocycles. The Kier molecular flexibility index (Phi) is 4.63. The lowest BCUT2D eigenvalue weighted by Gasteiger charge is -2.13. The van der Waals surface area contributed by atoms with Crippen molar-refractivity contribution >= 4 is 22.9 Å². The van der Waals surface area contributed by atoms with Gasteiger partial charge in [-0.15, -0.1) is 0 Å². The number of nitrogen functional groups attached to an aromatic ring is 1. The third kappa shape index (κ3) is 3.30. The summed E-state index contributed by atoms with van der Waals surface area (Å²) in [6.45, 7) is 4.39. The fourth-order valence-corrected chi connectivity index (χ4v) is 2.62. The molecule has 4 nitrogen and oxygen atoms in total. The molecular weight excluding hydrogens is 272 g/mol. The van der Waals surface area contributed by atoms with E-state index in [1.165, 1.54) is 0 Å². The van der Waals surface area contributed by atoms with Crippen LogP contribution in [0.2, 0.25) is 0 Å². The smallest absolute Gasteiger partial charge is 0.251 e. The van der Waals surface area contributed by atoms with E-state index in [9.17, 15) is 4.79 Å². The Labute approximate surface area is 122 Å². The van der Waals surface area contributed by atoms with E-state index in [-0.39, 0.29) is 11.9 Å². The fourth-order valence-electron chi connectivity index (χ4n) is 1.86. The molecule has 20 heavy (non-hydrogen) atoms. The molecule has 0 saturated heterocycles. The highest BCUT2D eigenvalue weighted by molar-refractivity contribution is 7.07. The van der Waals surface area contributed by atoms with E-state index in [4.69, 9.17) is 10.5 Å². The number of amides is 1. The highest BCUT2D eigenvalue weighted by atomic mass is 32.1. The van der Waals surface area contributed by atoms with E-state index in [0.29, 0.717) is 23.6 Å². The molecule has 2 rings (SSSR count). The van der Waals surface area contributed by atoms with Crippen molar-refractivity contribution in [2.24, 2.45) is 0 Å². The number of ether oxygens (including phenoxy) is 1. The van der Waals surface area contributed by atoms with Crippen LogP contribution in [0.5, 0.6) is 5.75 Å². The van der Waals surface area contributed by atoms with Gasteiger partial charge in [-0.05, 0) is 54.4 Å². The second kappa shape index (κ2) is 6.43. The summed E-state index contributed by atoms with van der Waals surface area (Å²) >= 11 is 1.61. The van der Waals surface area contributed by atoms with Gasteiger partial charge in [0.05, 0.1) is 18.3 Å². The van der Waals surface area contributed by atoms with Crippen molar-refractivity contribution in [3.8, 4) is 5.75 Å². The second-order valence-electron chi connectivity index (χ2n) is 4.44. The second-order valence-corrected chi connectivity index (χ2v) is 5.22. The highest BCUT2D eigenvalue weighted by Gasteiger charge is 2.13. The van der Waals surface area contributed by atoms with Crippen molar-refractivity contribution in [3.63, 3.8) is 0 Å². The van der Waals surface area contributed by atoms with Gasteiger partial charge in [-0.3, -0.25) is 4.79 Å². The quantitative estimate of drug-likeness (QED) is 0.831. The van der Waals surface area contributed by atoms with E-state index < -0.39 is 0 Å². The standard InChI is InChI=1S/C15H18N2O2S/c1-3-19-14-5-4-11(8-13(14)16)15(18)17-10(2)12-6-7-20-9-12/h4-10H,3,16H2,1-2H3,(H,17,18). The van der Waals surface area contributed by atoms with Crippen molar-refractivity contribution in [2.45, 2.75) is 19.9 Å². The van der Waals surface area contributed by atoms with Gasteiger partial charge in [0.15, 0.2) is 0 Å². The van der Waals surface area contributed by atoms with Crippen molar-refractivity contribution in [1.29, 1.82) is 0 Å². The first-order valence-corrected chi connectivity index (χ1v) is 7.41. The zero-order valence-corrected chi connectivity index (χ0v) is 12.4. The molecule has 0 fully saturated rings. The number of hydrogen-bond donors (Lipinski definition) is 2. The predicted molar refractivity (Wildman–Crippen MR) is 82.2 cm³/mol. The lowest BCUT2D eigenvalue weighted by atomic mass is 10.1. The van der Waals surface area contributed by atoms with Crippen LogP contribution in [-0.4, -0.2) is 12.5 Å². The minimum Gasteiger partial charge on any atom is -0.492 e. The number of anilines is 1. The van der Waals surface area contributed by atoms with Crippen molar-refractivity contribution in [1.82, 2.24) is 5.32 Å². The first-order chi connectivity index (χ1) is 9.61. The molecule has 3 N–H and O–H groups in total. The number of thiophene rings is 1. The van der Waals surface area contributed by atoms with Gasteiger partial charge >= 0.3 is 0 Å². The van der Waals surface area contributed by atoms with Gasteiger partial charge in [0.25, 0.3) is 5.91 Å². The number of nitrogens with one attached hydrogen (secondary N) is 1.